The van der Waals surface area contributed by atoms with Crippen LogP contribution in [0.3, 0.4) is 0 Å². The molecule has 6 heteroatoms. The van der Waals surface area contributed by atoms with Crippen molar-refractivity contribution in [3.8, 4) is 0 Å². The van der Waals surface area contributed by atoms with Gasteiger partial charge in [-0.2, -0.15) is 10.2 Å². The molecule has 2 aromatic rings. The number of carbonyl (C=O) groups is 1. The third kappa shape index (κ3) is 5.39. The molecule has 2 aromatic carbocycles. The van der Waals surface area contributed by atoms with Crippen LogP contribution in [0.25, 0.3) is 0 Å². The number of rotatable bonds is 4. The lowest BCUT2D eigenvalue weighted by atomic mass is 10.1. The van der Waals surface area contributed by atoms with Crippen LogP contribution in [0.5, 0.6) is 0 Å². The van der Waals surface area contributed by atoms with Crippen molar-refractivity contribution in [2.45, 2.75) is 18.9 Å². The second-order valence-electron chi connectivity index (χ2n) is 6.26. The largest absolute Gasteiger partial charge is 0.335 e. The van der Waals surface area contributed by atoms with Crippen LogP contribution in [0.15, 0.2) is 64.8 Å². The Morgan fingerprint density at radius 3 is 2.20 bits per heavy atom. The normalized spacial score (nSPS) is 16.0. The summed E-state index contributed by atoms with van der Waals surface area (Å²) in [6.45, 7) is 2.04. The Morgan fingerprint density at radius 2 is 1.56 bits per heavy atom. The Bertz CT molecular complexity index is 706. The number of azo groups is 1. The van der Waals surface area contributed by atoms with Crippen molar-refractivity contribution in [2.75, 3.05) is 25.5 Å². The first-order valence-electron chi connectivity index (χ1n) is 8.52. The fourth-order valence-electron chi connectivity index (χ4n) is 2.73. The molecule has 1 saturated heterocycles. The average molecular weight is 337 g/mol. The van der Waals surface area contributed by atoms with Crippen LogP contribution in [0.4, 0.5) is 21.9 Å². The van der Waals surface area contributed by atoms with Crippen LogP contribution in [-0.4, -0.2) is 37.1 Å². The zero-order chi connectivity index (χ0) is 17.5. The summed E-state index contributed by atoms with van der Waals surface area (Å²) in [5, 5.41) is 14.3. The van der Waals surface area contributed by atoms with Gasteiger partial charge in [-0.15, -0.1) is 0 Å². The minimum Gasteiger partial charge on any atom is -0.335 e. The highest BCUT2D eigenvalue weighted by Crippen LogP contribution is 2.20. The van der Waals surface area contributed by atoms with Gasteiger partial charge in [0.2, 0.25) is 0 Å². The minimum atomic E-state index is -0.159. The van der Waals surface area contributed by atoms with Gasteiger partial charge in [-0.25, -0.2) is 4.79 Å². The second kappa shape index (κ2) is 8.39. The summed E-state index contributed by atoms with van der Waals surface area (Å²) in [5.74, 6) is 0. The maximum atomic E-state index is 12.1. The lowest BCUT2D eigenvalue weighted by Gasteiger charge is -2.29. The number of hydrogen-bond acceptors (Lipinski definition) is 4. The minimum absolute atomic E-state index is 0.159. The quantitative estimate of drug-likeness (QED) is 0.816. The predicted octanol–water partition coefficient (Wildman–Crippen LogP) is 4.32. The van der Waals surface area contributed by atoms with E-state index >= 15 is 0 Å². The van der Waals surface area contributed by atoms with Gasteiger partial charge < -0.3 is 15.5 Å². The van der Waals surface area contributed by atoms with Gasteiger partial charge in [-0.05, 0) is 69.4 Å². The van der Waals surface area contributed by atoms with Crippen molar-refractivity contribution in [2.24, 2.45) is 10.2 Å². The van der Waals surface area contributed by atoms with Crippen molar-refractivity contribution >= 4 is 23.1 Å². The molecule has 0 radical (unpaired) electrons. The number of likely N-dealkylation sites (tertiary alicyclic amines) is 1. The number of nitrogens with zero attached hydrogens (tertiary/aromatic N) is 3. The first-order chi connectivity index (χ1) is 12.2. The molecule has 1 aliphatic heterocycles. The number of amides is 2. The van der Waals surface area contributed by atoms with E-state index in [2.05, 4.69) is 32.8 Å². The molecule has 3 rings (SSSR count). The fourth-order valence-corrected chi connectivity index (χ4v) is 2.73. The number of urea groups is 1. The van der Waals surface area contributed by atoms with Crippen molar-refractivity contribution in [3.05, 3.63) is 54.6 Å². The predicted molar refractivity (Wildman–Crippen MR) is 99.7 cm³/mol. The van der Waals surface area contributed by atoms with Crippen molar-refractivity contribution in [3.63, 3.8) is 0 Å². The van der Waals surface area contributed by atoms with Crippen LogP contribution in [0, 0.1) is 0 Å². The van der Waals surface area contributed by atoms with Gasteiger partial charge in [0.05, 0.1) is 11.4 Å². The Balaban J connectivity index is 1.50. The van der Waals surface area contributed by atoms with Crippen molar-refractivity contribution in [1.29, 1.82) is 0 Å². The summed E-state index contributed by atoms with van der Waals surface area (Å²) in [4.78, 5) is 14.4. The molecule has 1 fully saturated rings. The van der Waals surface area contributed by atoms with E-state index in [1.54, 1.807) is 0 Å². The molecule has 0 unspecified atom stereocenters. The van der Waals surface area contributed by atoms with Gasteiger partial charge in [0.1, 0.15) is 0 Å². The molecule has 1 aliphatic rings. The van der Waals surface area contributed by atoms with E-state index in [9.17, 15) is 4.79 Å². The number of hydrogen-bond donors (Lipinski definition) is 2. The van der Waals surface area contributed by atoms with E-state index in [0.717, 1.165) is 43.0 Å². The highest BCUT2D eigenvalue weighted by atomic mass is 16.2. The molecule has 1 heterocycles. The summed E-state index contributed by atoms with van der Waals surface area (Å²) >= 11 is 0. The summed E-state index contributed by atoms with van der Waals surface area (Å²) < 4.78 is 0. The molecular formula is C19H23N5O. The van der Waals surface area contributed by atoms with E-state index < -0.39 is 0 Å². The van der Waals surface area contributed by atoms with Crippen molar-refractivity contribution < 1.29 is 4.79 Å². The summed E-state index contributed by atoms with van der Waals surface area (Å²) in [7, 11) is 2.10. The van der Waals surface area contributed by atoms with E-state index in [-0.39, 0.29) is 12.1 Å². The third-order valence-electron chi connectivity index (χ3n) is 4.22. The molecule has 2 N–H and O–H groups in total. The topological polar surface area (TPSA) is 69.1 Å². The number of anilines is 1. The smallest absolute Gasteiger partial charge is 0.319 e. The second-order valence-corrected chi connectivity index (χ2v) is 6.26. The van der Waals surface area contributed by atoms with Crippen LogP contribution in [-0.2, 0) is 0 Å². The summed E-state index contributed by atoms with van der Waals surface area (Å²) in [6.07, 6.45) is 1.98. The average Bonchev–Trinajstić information content (AvgIpc) is 2.64. The molecule has 0 atom stereocenters. The first-order valence-corrected chi connectivity index (χ1v) is 8.52. The number of piperidine rings is 1. The molecule has 0 bridgehead atoms. The van der Waals surface area contributed by atoms with Gasteiger partial charge in [0.15, 0.2) is 0 Å². The zero-order valence-electron chi connectivity index (χ0n) is 14.4. The molecule has 0 spiro atoms. The summed E-state index contributed by atoms with van der Waals surface area (Å²) in [6, 6.07) is 17.0. The molecule has 130 valence electrons. The lowest BCUT2D eigenvalue weighted by molar-refractivity contribution is 0.221. The van der Waals surface area contributed by atoms with Gasteiger partial charge >= 0.3 is 6.03 Å². The van der Waals surface area contributed by atoms with E-state index in [0.29, 0.717) is 0 Å². The number of benzene rings is 2. The molecule has 6 nitrogen and oxygen atoms in total. The Morgan fingerprint density at radius 1 is 0.960 bits per heavy atom. The Hall–Kier alpha value is -2.73. The van der Waals surface area contributed by atoms with Gasteiger partial charge in [-0.1, -0.05) is 18.2 Å². The van der Waals surface area contributed by atoms with E-state index in [1.165, 1.54) is 0 Å². The molecule has 2 amide bonds. The standard InChI is InChI=1S/C19H23N5O/c1-24-13-11-16(12-14-24)21-19(25)20-15-7-9-18(10-8-15)23-22-17-5-3-2-4-6-17/h2-10,16H,11-14H2,1H3,(H2,20,21,25). The first kappa shape index (κ1) is 17.1. The van der Waals surface area contributed by atoms with E-state index in [1.807, 2.05) is 54.6 Å². The van der Waals surface area contributed by atoms with Gasteiger partial charge in [0, 0.05) is 11.7 Å². The molecule has 0 saturated carbocycles. The number of carbonyl (C=O) groups excluding carboxylic acids is 1. The lowest BCUT2D eigenvalue weighted by Crippen LogP contribution is -2.44. The van der Waals surface area contributed by atoms with Crippen LogP contribution in [0.1, 0.15) is 12.8 Å². The Labute approximate surface area is 148 Å². The third-order valence-corrected chi connectivity index (χ3v) is 4.22. The van der Waals surface area contributed by atoms with Crippen LogP contribution < -0.4 is 10.6 Å². The van der Waals surface area contributed by atoms with Gasteiger partial charge in [0.25, 0.3) is 0 Å². The Kier molecular flexibility index (Phi) is 5.74. The number of nitrogens with one attached hydrogen (secondary N) is 2. The SMILES string of the molecule is CN1CCC(NC(=O)Nc2ccc(N=Nc3ccccc3)cc2)CC1. The van der Waals surface area contributed by atoms with Crippen molar-refractivity contribution in [1.82, 2.24) is 10.2 Å². The van der Waals surface area contributed by atoms with Crippen LogP contribution in [0.2, 0.25) is 0 Å². The zero-order valence-corrected chi connectivity index (χ0v) is 14.4. The van der Waals surface area contributed by atoms with E-state index in [4.69, 9.17) is 0 Å². The van der Waals surface area contributed by atoms with Crippen LogP contribution >= 0.6 is 0 Å². The van der Waals surface area contributed by atoms with Gasteiger partial charge in [-0.3, -0.25) is 0 Å². The highest BCUT2D eigenvalue weighted by molar-refractivity contribution is 5.89. The fraction of sp³-hybridized carbons (Fsp3) is 0.316. The molecule has 0 aliphatic carbocycles. The monoisotopic (exact) mass is 337 g/mol. The molecule has 25 heavy (non-hydrogen) atoms. The maximum absolute atomic E-state index is 12.1. The highest BCUT2D eigenvalue weighted by Gasteiger charge is 2.18. The maximum Gasteiger partial charge on any atom is 0.319 e. The summed E-state index contributed by atoms with van der Waals surface area (Å²) in [5.41, 5.74) is 2.29. The molecular weight excluding hydrogens is 314 g/mol. The molecule has 0 aromatic heterocycles.